The normalized spacial score (nSPS) is 16.5. The van der Waals surface area contributed by atoms with Crippen molar-refractivity contribution in [2.45, 2.75) is 11.8 Å². The number of rotatable bonds is 5. The van der Waals surface area contributed by atoms with Gasteiger partial charge in [-0.1, -0.05) is 30.3 Å². The van der Waals surface area contributed by atoms with Crippen LogP contribution in [0.5, 0.6) is 0 Å². The van der Waals surface area contributed by atoms with E-state index >= 15 is 0 Å². The maximum atomic E-state index is 12.4. The molecule has 1 aliphatic rings. The van der Waals surface area contributed by atoms with Crippen LogP contribution in [-0.4, -0.2) is 37.2 Å². The molecule has 2 aromatic rings. The molecule has 3 rings (SSSR count). The standard InChI is InChI=1S/C17H16N2O5S/c20-16-15(10-25(23,24)9-11-4-2-1-3-5-11)18-13-7-6-12(17(21)22)8-14(13)19-16/h1-8,15,18H,9-10H2,(H,19,20)(H,21,22). The Morgan fingerprint density at radius 2 is 1.80 bits per heavy atom. The Morgan fingerprint density at radius 3 is 2.48 bits per heavy atom. The number of aromatic carboxylic acids is 1. The zero-order chi connectivity index (χ0) is 18.0. The van der Waals surface area contributed by atoms with Gasteiger partial charge in [-0.15, -0.1) is 0 Å². The summed E-state index contributed by atoms with van der Waals surface area (Å²) < 4.78 is 24.7. The van der Waals surface area contributed by atoms with Crippen molar-refractivity contribution in [3.8, 4) is 0 Å². The third-order valence-corrected chi connectivity index (χ3v) is 5.43. The van der Waals surface area contributed by atoms with Crippen LogP contribution in [0.25, 0.3) is 0 Å². The minimum absolute atomic E-state index is 0.0380. The summed E-state index contributed by atoms with van der Waals surface area (Å²) >= 11 is 0. The van der Waals surface area contributed by atoms with Crippen molar-refractivity contribution in [2.75, 3.05) is 16.4 Å². The first-order valence-electron chi connectivity index (χ1n) is 7.53. The molecule has 3 N–H and O–H groups in total. The van der Waals surface area contributed by atoms with Crippen LogP contribution < -0.4 is 10.6 Å². The second-order valence-electron chi connectivity index (χ2n) is 5.79. The Kier molecular flexibility index (Phi) is 4.45. The Morgan fingerprint density at radius 1 is 1.08 bits per heavy atom. The fourth-order valence-corrected chi connectivity index (χ4v) is 4.20. The monoisotopic (exact) mass is 360 g/mol. The predicted molar refractivity (Wildman–Crippen MR) is 93.4 cm³/mol. The third-order valence-electron chi connectivity index (χ3n) is 3.82. The van der Waals surface area contributed by atoms with Crippen LogP contribution in [0.1, 0.15) is 15.9 Å². The number of amides is 1. The first kappa shape index (κ1) is 17.0. The topological polar surface area (TPSA) is 113 Å². The lowest BCUT2D eigenvalue weighted by Crippen LogP contribution is -2.43. The first-order valence-corrected chi connectivity index (χ1v) is 9.35. The number of benzene rings is 2. The predicted octanol–water partition coefficient (Wildman–Crippen LogP) is 1.73. The van der Waals surface area contributed by atoms with Gasteiger partial charge in [0.25, 0.3) is 0 Å². The molecule has 0 bridgehead atoms. The second kappa shape index (κ2) is 6.56. The van der Waals surface area contributed by atoms with Crippen LogP contribution in [0, 0.1) is 0 Å². The number of carboxylic acids is 1. The molecule has 0 aliphatic carbocycles. The van der Waals surface area contributed by atoms with E-state index in [2.05, 4.69) is 10.6 Å². The minimum atomic E-state index is -3.51. The molecule has 0 spiro atoms. The number of hydrogen-bond donors (Lipinski definition) is 3. The second-order valence-corrected chi connectivity index (χ2v) is 7.90. The largest absolute Gasteiger partial charge is 0.478 e. The van der Waals surface area contributed by atoms with Crippen LogP contribution in [0.15, 0.2) is 48.5 Å². The van der Waals surface area contributed by atoms with Gasteiger partial charge in [0.1, 0.15) is 6.04 Å². The van der Waals surface area contributed by atoms with E-state index in [9.17, 15) is 18.0 Å². The summed E-state index contributed by atoms with van der Waals surface area (Å²) in [5.74, 6) is -2.12. The number of carbonyl (C=O) groups excluding carboxylic acids is 1. The number of carbonyl (C=O) groups is 2. The summed E-state index contributed by atoms with van der Waals surface area (Å²) in [4.78, 5) is 23.2. The molecule has 1 amide bonds. The van der Waals surface area contributed by atoms with Crippen LogP contribution in [0.3, 0.4) is 0 Å². The zero-order valence-corrected chi connectivity index (χ0v) is 13.9. The highest BCUT2D eigenvalue weighted by Gasteiger charge is 2.30. The lowest BCUT2D eigenvalue weighted by molar-refractivity contribution is -0.116. The van der Waals surface area contributed by atoms with Crippen molar-refractivity contribution >= 4 is 33.1 Å². The van der Waals surface area contributed by atoms with Gasteiger partial charge in [-0.25, -0.2) is 13.2 Å². The molecular weight excluding hydrogens is 344 g/mol. The highest BCUT2D eigenvalue weighted by Crippen LogP contribution is 2.28. The number of carboxylic acid groups (broad SMARTS) is 1. The summed E-state index contributed by atoms with van der Waals surface area (Å²) in [7, 11) is -3.51. The number of nitrogens with one attached hydrogen (secondary N) is 2. The summed E-state index contributed by atoms with van der Waals surface area (Å²) in [6, 6.07) is 12.0. The van der Waals surface area contributed by atoms with Gasteiger partial charge in [0.2, 0.25) is 5.91 Å². The maximum Gasteiger partial charge on any atom is 0.335 e. The molecule has 25 heavy (non-hydrogen) atoms. The van der Waals surface area contributed by atoms with Crippen molar-refractivity contribution in [2.24, 2.45) is 0 Å². The van der Waals surface area contributed by atoms with Crippen LogP contribution >= 0.6 is 0 Å². The molecule has 0 saturated heterocycles. The van der Waals surface area contributed by atoms with Crippen LogP contribution in [0.4, 0.5) is 11.4 Å². The first-order chi connectivity index (χ1) is 11.8. The van der Waals surface area contributed by atoms with Crippen molar-refractivity contribution in [1.82, 2.24) is 0 Å². The van der Waals surface area contributed by atoms with Crippen molar-refractivity contribution in [3.63, 3.8) is 0 Å². The van der Waals surface area contributed by atoms with E-state index in [1.165, 1.54) is 18.2 Å². The van der Waals surface area contributed by atoms with Gasteiger partial charge < -0.3 is 15.7 Å². The Labute approximate surface area is 144 Å². The lowest BCUT2D eigenvalue weighted by Gasteiger charge is -2.26. The summed E-state index contributed by atoms with van der Waals surface area (Å²) in [6.45, 7) is 0. The molecule has 1 unspecified atom stereocenters. The molecule has 8 heteroatoms. The zero-order valence-electron chi connectivity index (χ0n) is 13.1. The Balaban J connectivity index is 1.76. The Hall–Kier alpha value is -2.87. The lowest BCUT2D eigenvalue weighted by atomic mass is 10.1. The third kappa shape index (κ3) is 3.97. The average Bonchev–Trinajstić information content (AvgIpc) is 2.55. The van der Waals surface area contributed by atoms with Crippen molar-refractivity contribution < 1.29 is 23.1 Å². The van der Waals surface area contributed by atoms with E-state index < -0.39 is 27.8 Å². The molecule has 2 aromatic carbocycles. The summed E-state index contributed by atoms with van der Waals surface area (Å²) in [5, 5.41) is 14.4. The number of sulfone groups is 1. The van der Waals surface area contributed by atoms with Crippen molar-refractivity contribution in [3.05, 3.63) is 59.7 Å². The summed E-state index contributed by atoms with van der Waals surface area (Å²) in [6.07, 6.45) is 0. The molecule has 1 atom stereocenters. The summed E-state index contributed by atoms with van der Waals surface area (Å²) in [5.41, 5.74) is 1.51. The number of anilines is 2. The van der Waals surface area contributed by atoms with Crippen molar-refractivity contribution in [1.29, 1.82) is 0 Å². The molecule has 0 radical (unpaired) electrons. The van der Waals surface area contributed by atoms with Gasteiger partial charge in [0.05, 0.1) is 28.4 Å². The van der Waals surface area contributed by atoms with Crippen LogP contribution in [0.2, 0.25) is 0 Å². The fraction of sp³-hybridized carbons (Fsp3) is 0.176. The molecule has 0 fully saturated rings. The fourth-order valence-electron chi connectivity index (χ4n) is 2.64. The van der Waals surface area contributed by atoms with E-state index in [-0.39, 0.29) is 17.1 Å². The highest BCUT2D eigenvalue weighted by atomic mass is 32.2. The van der Waals surface area contributed by atoms with E-state index in [1.807, 2.05) is 0 Å². The molecule has 130 valence electrons. The maximum absolute atomic E-state index is 12.4. The Bertz CT molecular complexity index is 925. The van der Waals surface area contributed by atoms with Gasteiger partial charge in [0, 0.05) is 0 Å². The van der Waals surface area contributed by atoms with E-state index in [0.717, 1.165) is 0 Å². The quantitative estimate of drug-likeness (QED) is 0.748. The van der Waals surface area contributed by atoms with Gasteiger partial charge in [-0.3, -0.25) is 4.79 Å². The molecule has 1 aliphatic heterocycles. The van der Waals surface area contributed by atoms with E-state index in [1.54, 1.807) is 30.3 Å². The van der Waals surface area contributed by atoms with Crippen LogP contribution in [-0.2, 0) is 20.4 Å². The smallest absolute Gasteiger partial charge is 0.335 e. The molecule has 0 aromatic heterocycles. The van der Waals surface area contributed by atoms with Gasteiger partial charge >= 0.3 is 5.97 Å². The molecular formula is C17H16N2O5S. The highest BCUT2D eigenvalue weighted by molar-refractivity contribution is 7.90. The van der Waals surface area contributed by atoms with Gasteiger partial charge in [-0.2, -0.15) is 0 Å². The average molecular weight is 360 g/mol. The number of hydrogen-bond acceptors (Lipinski definition) is 5. The van der Waals surface area contributed by atoms with Gasteiger partial charge in [-0.05, 0) is 23.8 Å². The molecule has 7 nitrogen and oxygen atoms in total. The molecule has 1 heterocycles. The van der Waals surface area contributed by atoms with E-state index in [4.69, 9.17) is 5.11 Å². The molecule has 0 saturated carbocycles. The van der Waals surface area contributed by atoms with E-state index in [0.29, 0.717) is 16.9 Å². The SMILES string of the molecule is O=C(O)c1ccc2c(c1)NC(=O)C(CS(=O)(=O)Cc1ccccc1)N2. The number of fused-ring (bicyclic) bond motifs is 1. The minimum Gasteiger partial charge on any atom is -0.478 e. The van der Waals surface area contributed by atoms with Gasteiger partial charge in [0.15, 0.2) is 9.84 Å².